The molecule has 1 aromatic carbocycles. The molecular weight excluding hydrogens is 338 g/mol. The van der Waals surface area contributed by atoms with E-state index in [9.17, 15) is 8.78 Å². The van der Waals surface area contributed by atoms with E-state index in [-0.39, 0.29) is 17.0 Å². The molecule has 4 aliphatic rings. The molecule has 26 heavy (non-hydrogen) atoms. The van der Waals surface area contributed by atoms with Crippen molar-refractivity contribution in [3.05, 3.63) is 42.2 Å². The predicted molar refractivity (Wildman–Crippen MR) is 92.1 cm³/mol. The molecule has 0 aliphatic carbocycles. The lowest BCUT2D eigenvalue weighted by atomic mass is 9.73. The molecule has 1 aromatic heterocycles. The van der Waals surface area contributed by atoms with Gasteiger partial charge in [-0.05, 0) is 69.0 Å². The number of aromatic nitrogens is 1. The number of hydrogen-bond acceptors (Lipinski definition) is 4. The number of rotatable bonds is 2. The van der Waals surface area contributed by atoms with Gasteiger partial charge >= 0.3 is 6.29 Å². The molecular formula is C20H20F2N2O2. The minimum atomic E-state index is -3.59. The highest BCUT2D eigenvalue weighted by atomic mass is 19.3. The highest BCUT2D eigenvalue weighted by Gasteiger charge is 2.45. The summed E-state index contributed by atoms with van der Waals surface area (Å²) in [6, 6.07) is 8.89. The maximum Gasteiger partial charge on any atom is 0.586 e. The second-order valence-electron chi connectivity index (χ2n) is 7.67. The van der Waals surface area contributed by atoms with Crippen LogP contribution in [0.15, 0.2) is 36.5 Å². The smallest absolute Gasteiger partial charge is 0.395 e. The number of ether oxygens (including phenoxy) is 2. The van der Waals surface area contributed by atoms with Crippen molar-refractivity contribution in [1.29, 1.82) is 0 Å². The lowest BCUT2D eigenvalue weighted by Gasteiger charge is -2.52. The van der Waals surface area contributed by atoms with Crippen molar-refractivity contribution in [2.45, 2.75) is 38.0 Å². The van der Waals surface area contributed by atoms with E-state index in [4.69, 9.17) is 4.98 Å². The topological polar surface area (TPSA) is 34.6 Å². The van der Waals surface area contributed by atoms with Gasteiger partial charge in [0, 0.05) is 11.8 Å². The molecule has 4 nitrogen and oxygen atoms in total. The van der Waals surface area contributed by atoms with Crippen molar-refractivity contribution >= 4 is 0 Å². The molecule has 5 heterocycles. The number of alkyl halides is 2. The molecule has 1 atom stereocenters. The molecule has 3 fully saturated rings. The van der Waals surface area contributed by atoms with E-state index in [1.54, 1.807) is 12.1 Å². The number of pyridine rings is 1. The summed E-state index contributed by atoms with van der Waals surface area (Å²) in [5, 5.41) is 0. The second-order valence-corrected chi connectivity index (χ2v) is 7.67. The number of nitrogens with zero attached hydrogens (tertiary/aromatic N) is 2. The molecule has 0 N–H and O–H groups in total. The molecule has 136 valence electrons. The van der Waals surface area contributed by atoms with Gasteiger partial charge in [0.2, 0.25) is 0 Å². The van der Waals surface area contributed by atoms with E-state index in [1.807, 2.05) is 12.3 Å². The van der Waals surface area contributed by atoms with Crippen LogP contribution in [0.4, 0.5) is 8.78 Å². The Bertz CT molecular complexity index is 847. The average molecular weight is 358 g/mol. The third kappa shape index (κ3) is 2.47. The van der Waals surface area contributed by atoms with E-state index in [0.29, 0.717) is 0 Å². The standard InChI is InChI=1S/C20H20F2N2O2/c1-19(11-13-6-8-24(19)9-7-13)18-5-3-15(12-23-18)14-2-4-16-17(10-14)26-20(21,22)25-16/h2-5,10,12-13H,6-9,11H2,1H3/t19-/m1/s1. The van der Waals surface area contributed by atoms with Crippen LogP contribution in [0.25, 0.3) is 11.1 Å². The summed E-state index contributed by atoms with van der Waals surface area (Å²) < 4.78 is 35.4. The summed E-state index contributed by atoms with van der Waals surface area (Å²) in [6.07, 6.45) is 1.95. The zero-order valence-electron chi connectivity index (χ0n) is 14.5. The molecule has 6 rings (SSSR count). The molecule has 2 bridgehead atoms. The van der Waals surface area contributed by atoms with Gasteiger partial charge in [-0.15, -0.1) is 8.78 Å². The fourth-order valence-corrected chi connectivity index (χ4v) is 4.60. The number of piperidine rings is 3. The van der Waals surface area contributed by atoms with Gasteiger partial charge in [-0.3, -0.25) is 9.88 Å². The number of benzene rings is 1. The van der Waals surface area contributed by atoms with Crippen molar-refractivity contribution in [3.8, 4) is 22.6 Å². The molecule has 2 aromatic rings. The van der Waals surface area contributed by atoms with Crippen LogP contribution < -0.4 is 9.47 Å². The third-order valence-electron chi connectivity index (χ3n) is 6.05. The van der Waals surface area contributed by atoms with E-state index in [2.05, 4.69) is 27.4 Å². The summed E-state index contributed by atoms with van der Waals surface area (Å²) in [6.45, 7) is 4.56. The Kier molecular flexibility index (Phi) is 3.32. The summed E-state index contributed by atoms with van der Waals surface area (Å²) in [5.41, 5.74) is 2.73. The zero-order chi connectivity index (χ0) is 17.9. The number of hydrogen-bond donors (Lipinski definition) is 0. The lowest BCUT2D eigenvalue weighted by Crippen LogP contribution is -2.55. The average Bonchev–Trinajstić information content (AvgIpc) is 2.95. The minimum Gasteiger partial charge on any atom is -0.395 e. The van der Waals surface area contributed by atoms with Crippen molar-refractivity contribution in [2.24, 2.45) is 5.92 Å². The summed E-state index contributed by atoms with van der Waals surface area (Å²) in [4.78, 5) is 7.27. The number of halogens is 2. The van der Waals surface area contributed by atoms with Crippen LogP contribution in [0, 0.1) is 5.92 Å². The van der Waals surface area contributed by atoms with Crippen molar-refractivity contribution < 1.29 is 18.3 Å². The largest absolute Gasteiger partial charge is 0.586 e. The fourth-order valence-electron chi connectivity index (χ4n) is 4.60. The van der Waals surface area contributed by atoms with E-state index >= 15 is 0 Å². The first-order chi connectivity index (χ1) is 12.4. The van der Waals surface area contributed by atoms with Crippen LogP contribution in [0.1, 0.15) is 31.9 Å². The van der Waals surface area contributed by atoms with Gasteiger partial charge in [-0.1, -0.05) is 12.1 Å². The first kappa shape index (κ1) is 16.0. The zero-order valence-corrected chi connectivity index (χ0v) is 14.5. The van der Waals surface area contributed by atoms with Gasteiger partial charge < -0.3 is 9.47 Å². The first-order valence-corrected chi connectivity index (χ1v) is 9.05. The SMILES string of the molecule is C[C@]1(c2ccc(-c3ccc4c(c3)OC(F)(F)O4)cn2)CC2CCN1CC2. The monoisotopic (exact) mass is 358 g/mol. The van der Waals surface area contributed by atoms with Gasteiger partial charge in [-0.2, -0.15) is 0 Å². The Labute approximate surface area is 150 Å². The molecule has 0 saturated carbocycles. The maximum absolute atomic E-state index is 13.2. The second kappa shape index (κ2) is 5.39. The van der Waals surface area contributed by atoms with E-state index < -0.39 is 6.29 Å². The van der Waals surface area contributed by atoms with Gasteiger partial charge in [0.25, 0.3) is 0 Å². The summed E-state index contributed by atoms with van der Waals surface area (Å²) >= 11 is 0. The molecule has 3 saturated heterocycles. The Morgan fingerprint density at radius 2 is 1.77 bits per heavy atom. The van der Waals surface area contributed by atoms with Crippen LogP contribution >= 0.6 is 0 Å². The van der Waals surface area contributed by atoms with Crippen LogP contribution in [-0.4, -0.2) is 29.3 Å². The molecule has 0 spiro atoms. The molecule has 0 amide bonds. The van der Waals surface area contributed by atoms with Gasteiger partial charge in [-0.25, -0.2) is 0 Å². The molecule has 0 unspecified atom stereocenters. The summed E-state index contributed by atoms with van der Waals surface area (Å²) in [7, 11) is 0. The highest BCUT2D eigenvalue weighted by molar-refractivity contribution is 5.67. The Balaban J connectivity index is 1.43. The van der Waals surface area contributed by atoms with E-state index in [0.717, 1.165) is 42.2 Å². The van der Waals surface area contributed by atoms with Gasteiger partial charge in [0.15, 0.2) is 11.5 Å². The van der Waals surface area contributed by atoms with Crippen LogP contribution in [0.5, 0.6) is 11.5 Å². The van der Waals surface area contributed by atoms with Gasteiger partial charge in [0.05, 0.1) is 11.2 Å². The molecule has 4 aliphatic heterocycles. The van der Waals surface area contributed by atoms with Crippen molar-refractivity contribution in [2.75, 3.05) is 13.1 Å². The molecule has 6 heteroatoms. The Hall–Kier alpha value is -2.21. The van der Waals surface area contributed by atoms with Crippen molar-refractivity contribution in [3.63, 3.8) is 0 Å². The number of fused-ring (bicyclic) bond motifs is 4. The quantitative estimate of drug-likeness (QED) is 0.797. The van der Waals surface area contributed by atoms with Crippen LogP contribution in [0.2, 0.25) is 0 Å². The fraction of sp³-hybridized carbons (Fsp3) is 0.450. The third-order valence-corrected chi connectivity index (χ3v) is 6.05. The minimum absolute atomic E-state index is 0.00333. The lowest BCUT2D eigenvalue weighted by molar-refractivity contribution is -0.286. The maximum atomic E-state index is 13.2. The van der Waals surface area contributed by atoms with Crippen molar-refractivity contribution in [1.82, 2.24) is 9.88 Å². The Morgan fingerprint density at radius 3 is 2.42 bits per heavy atom. The van der Waals surface area contributed by atoms with Gasteiger partial charge in [0.1, 0.15) is 0 Å². The van der Waals surface area contributed by atoms with Crippen LogP contribution in [-0.2, 0) is 5.54 Å². The van der Waals surface area contributed by atoms with E-state index in [1.165, 1.54) is 18.9 Å². The normalized spacial score (nSPS) is 31.2. The molecule has 0 radical (unpaired) electrons. The summed E-state index contributed by atoms with van der Waals surface area (Å²) in [5.74, 6) is 0.906. The predicted octanol–water partition coefficient (Wildman–Crippen LogP) is 4.40. The Morgan fingerprint density at radius 1 is 1.04 bits per heavy atom. The first-order valence-electron chi connectivity index (χ1n) is 9.05. The highest BCUT2D eigenvalue weighted by Crippen LogP contribution is 2.45. The van der Waals surface area contributed by atoms with Crippen LogP contribution in [0.3, 0.4) is 0 Å².